The number of rotatable bonds is 5. The highest BCUT2D eigenvalue weighted by Crippen LogP contribution is 2.16. The number of nitrogens with one attached hydrogen (secondary N) is 1. The number of nitrogens with zero attached hydrogens (tertiary/aromatic N) is 1. The molecule has 1 saturated heterocycles. The highest BCUT2D eigenvalue weighted by Gasteiger charge is 2.19. The van der Waals surface area contributed by atoms with E-state index in [1.54, 1.807) is 0 Å². The molecule has 1 amide bonds. The highest BCUT2D eigenvalue weighted by molar-refractivity contribution is 5.96. The number of hydrogen-bond acceptors (Lipinski definition) is 4. The van der Waals surface area contributed by atoms with Gasteiger partial charge >= 0.3 is 0 Å². The van der Waals surface area contributed by atoms with Crippen LogP contribution in [-0.4, -0.2) is 30.6 Å². The van der Waals surface area contributed by atoms with Crippen LogP contribution in [0.4, 0.5) is 5.69 Å². The van der Waals surface area contributed by atoms with Gasteiger partial charge in [-0.1, -0.05) is 27.2 Å². The fourth-order valence-corrected chi connectivity index (χ4v) is 1.68. The zero-order chi connectivity index (χ0) is 15.0. The van der Waals surface area contributed by atoms with Crippen LogP contribution >= 0.6 is 0 Å². The molecule has 1 aromatic heterocycles. The van der Waals surface area contributed by atoms with E-state index in [1.807, 2.05) is 19.1 Å². The minimum atomic E-state index is -0.493. The van der Waals surface area contributed by atoms with Gasteiger partial charge in [0.1, 0.15) is 0 Å². The first-order chi connectivity index (χ1) is 9.62. The normalized spacial score (nSPS) is 13.9. The van der Waals surface area contributed by atoms with Crippen molar-refractivity contribution in [2.75, 3.05) is 25.1 Å². The SMILES string of the molecule is CCC.CCc1ccc(NCC2COC2)c(C(N)=O)n1. The number of aromatic nitrogens is 1. The van der Waals surface area contributed by atoms with E-state index >= 15 is 0 Å². The molecule has 5 nitrogen and oxygen atoms in total. The molecule has 0 aromatic carbocycles. The Morgan fingerprint density at radius 1 is 1.40 bits per heavy atom. The van der Waals surface area contributed by atoms with Gasteiger partial charge in [-0.25, -0.2) is 4.98 Å². The van der Waals surface area contributed by atoms with Crippen LogP contribution in [0.25, 0.3) is 0 Å². The molecule has 1 aliphatic rings. The predicted octanol–water partition coefficient (Wildman–Crippen LogP) is 2.22. The molecule has 112 valence electrons. The van der Waals surface area contributed by atoms with Crippen molar-refractivity contribution in [1.29, 1.82) is 0 Å². The van der Waals surface area contributed by atoms with E-state index in [2.05, 4.69) is 24.1 Å². The molecule has 0 bridgehead atoms. The Morgan fingerprint density at radius 2 is 2.05 bits per heavy atom. The van der Waals surface area contributed by atoms with Crippen LogP contribution in [0.15, 0.2) is 12.1 Å². The number of amides is 1. The number of carbonyl (C=O) groups is 1. The lowest BCUT2D eigenvalue weighted by Crippen LogP contribution is -2.34. The molecular formula is C15H25N3O2. The molecule has 1 aromatic rings. The summed E-state index contributed by atoms with van der Waals surface area (Å²) in [5.74, 6) is 0.0224. The van der Waals surface area contributed by atoms with Crippen LogP contribution in [0.3, 0.4) is 0 Å². The summed E-state index contributed by atoms with van der Waals surface area (Å²) in [5, 5.41) is 3.20. The number of anilines is 1. The van der Waals surface area contributed by atoms with Gasteiger partial charge in [0.15, 0.2) is 5.69 Å². The van der Waals surface area contributed by atoms with Gasteiger partial charge in [0, 0.05) is 18.2 Å². The second-order valence-electron chi connectivity index (χ2n) is 4.91. The van der Waals surface area contributed by atoms with E-state index in [0.717, 1.165) is 31.9 Å². The van der Waals surface area contributed by atoms with Crippen molar-refractivity contribution in [1.82, 2.24) is 4.98 Å². The maximum atomic E-state index is 11.3. The topological polar surface area (TPSA) is 77.2 Å². The Bertz CT molecular complexity index is 431. The van der Waals surface area contributed by atoms with Crippen molar-refractivity contribution in [3.63, 3.8) is 0 Å². The summed E-state index contributed by atoms with van der Waals surface area (Å²) in [7, 11) is 0. The van der Waals surface area contributed by atoms with Gasteiger partial charge in [0.25, 0.3) is 5.91 Å². The monoisotopic (exact) mass is 279 g/mol. The van der Waals surface area contributed by atoms with Crippen molar-refractivity contribution >= 4 is 11.6 Å². The largest absolute Gasteiger partial charge is 0.383 e. The molecule has 3 N–H and O–H groups in total. The Labute approximate surface area is 120 Å². The van der Waals surface area contributed by atoms with Gasteiger partial charge in [-0.3, -0.25) is 4.79 Å². The summed E-state index contributed by atoms with van der Waals surface area (Å²) in [6, 6.07) is 3.78. The third-order valence-corrected chi connectivity index (χ3v) is 2.84. The molecule has 1 fully saturated rings. The molecule has 5 heteroatoms. The Kier molecular flexibility index (Phi) is 7.01. The van der Waals surface area contributed by atoms with E-state index in [9.17, 15) is 4.79 Å². The first-order valence-electron chi connectivity index (χ1n) is 7.23. The minimum absolute atomic E-state index is 0.324. The third kappa shape index (κ3) is 4.81. The van der Waals surface area contributed by atoms with Crippen molar-refractivity contribution in [2.45, 2.75) is 33.6 Å². The first-order valence-corrected chi connectivity index (χ1v) is 7.23. The van der Waals surface area contributed by atoms with Crippen LogP contribution in [0.2, 0.25) is 0 Å². The summed E-state index contributed by atoms with van der Waals surface area (Å²) in [5.41, 5.74) is 7.23. The van der Waals surface area contributed by atoms with E-state index in [4.69, 9.17) is 10.5 Å². The van der Waals surface area contributed by atoms with Crippen molar-refractivity contribution in [3.8, 4) is 0 Å². The van der Waals surface area contributed by atoms with Crippen LogP contribution in [0.5, 0.6) is 0 Å². The smallest absolute Gasteiger partial charge is 0.269 e. The van der Waals surface area contributed by atoms with Gasteiger partial charge in [-0.2, -0.15) is 0 Å². The summed E-state index contributed by atoms with van der Waals surface area (Å²) in [6.07, 6.45) is 2.04. The number of ether oxygens (including phenoxy) is 1. The van der Waals surface area contributed by atoms with Crippen LogP contribution in [-0.2, 0) is 11.2 Å². The molecule has 0 unspecified atom stereocenters. The van der Waals surface area contributed by atoms with Crippen LogP contribution in [0.1, 0.15) is 43.4 Å². The van der Waals surface area contributed by atoms with E-state index < -0.39 is 5.91 Å². The summed E-state index contributed by atoms with van der Waals surface area (Å²) >= 11 is 0. The van der Waals surface area contributed by atoms with Gasteiger partial charge in [-0.05, 0) is 18.6 Å². The summed E-state index contributed by atoms with van der Waals surface area (Å²) < 4.78 is 5.09. The molecule has 0 saturated carbocycles. The van der Waals surface area contributed by atoms with Crippen molar-refractivity contribution < 1.29 is 9.53 Å². The quantitative estimate of drug-likeness (QED) is 0.866. The molecule has 2 rings (SSSR count). The zero-order valence-electron chi connectivity index (χ0n) is 12.6. The first kappa shape index (κ1) is 16.4. The molecule has 0 spiro atoms. The Hall–Kier alpha value is -1.62. The predicted molar refractivity (Wildman–Crippen MR) is 80.9 cm³/mol. The van der Waals surface area contributed by atoms with E-state index in [0.29, 0.717) is 17.3 Å². The third-order valence-electron chi connectivity index (χ3n) is 2.84. The number of hydrogen-bond donors (Lipinski definition) is 2. The average Bonchev–Trinajstić information content (AvgIpc) is 2.38. The maximum Gasteiger partial charge on any atom is 0.269 e. The van der Waals surface area contributed by atoms with E-state index in [-0.39, 0.29) is 0 Å². The number of pyridine rings is 1. The standard InChI is InChI=1S/C12H17N3O2.C3H8/c1-2-9-3-4-10(11(15-9)12(13)16)14-5-8-6-17-7-8;1-3-2/h3-4,8,14H,2,5-7H2,1H3,(H2,13,16);3H2,1-2H3. The highest BCUT2D eigenvalue weighted by atomic mass is 16.5. The van der Waals surface area contributed by atoms with Gasteiger partial charge < -0.3 is 15.8 Å². The van der Waals surface area contributed by atoms with Gasteiger partial charge in [0.05, 0.1) is 18.9 Å². The summed E-state index contributed by atoms with van der Waals surface area (Å²) in [6.45, 7) is 8.58. The van der Waals surface area contributed by atoms with Crippen molar-refractivity contribution in [3.05, 3.63) is 23.5 Å². The Balaban J connectivity index is 0.000000612. The maximum absolute atomic E-state index is 11.3. The summed E-state index contributed by atoms with van der Waals surface area (Å²) in [4.78, 5) is 15.6. The zero-order valence-corrected chi connectivity index (χ0v) is 12.6. The Morgan fingerprint density at radius 3 is 2.50 bits per heavy atom. The number of primary amides is 1. The molecule has 0 atom stereocenters. The van der Waals surface area contributed by atoms with Crippen molar-refractivity contribution in [2.24, 2.45) is 11.7 Å². The fraction of sp³-hybridized carbons (Fsp3) is 0.600. The van der Waals surface area contributed by atoms with E-state index in [1.165, 1.54) is 6.42 Å². The molecule has 1 aliphatic heterocycles. The number of aryl methyl sites for hydroxylation is 1. The molecule has 0 aliphatic carbocycles. The lowest BCUT2D eigenvalue weighted by atomic mass is 10.1. The number of carbonyl (C=O) groups excluding carboxylic acids is 1. The number of nitrogens with two attached hydrogens (primary N) is 1. The minimum Gasteiger partial charge on any atom is -0.383 e. The average molecular weight is 279 g/mol. The molecular weight excluding hydrogens is 254 g/mol. The van der Waals surface area contributed by atoms with Gasteiger partial charge in [0.2, 0.25) is 0 Å². The van der Waals surface area contributed by atoms with Crippen LogP contribution < -0.4 is 11.1 Å². The van der Waals surface area contributed by atoms with Gasteiger partial charge in [-0.15, -0.1) is 0 Å². The molecule has 2 heterocycles. The fourth-order valence-electron chi connectivity index (χ4n) is 1.68. The molecule has 0 radical (unpaired) electrons. The lowest BCUT2D eigenvalue weighted by Gasteiger charge is -2.26. The lowest BCUT2D eigenvalue weighted by molar-refractivity contribution is -0.0248. The second-order valence-corrected chi connectivity index (χ2v) is 4.91. The molecule has 20 heavy (non-hydrogen) atoms. The second kappa shape index (κ2) is 8.53. The van der Waals surface area contributed by atoms with Crippen LogP contribution in [0, 0.1) is 5.92 Å².